The monoisotopic (exact) mass is 349 g/mol. The average molecular weight is 349 g/mol. The lowest BCUT2D eigenvalue weighted by Crippen LogP contribution is -2.39. The Balaban J connectivity index is 2.81. The number of alkyl carbamates (subject to hydrolysis) is 1. The summed E-state index contributed by atoms with van der Waals surface area (Å²) < 4.78 is 15.3. The second-order valence-electron chi connectivity index (χ2n) is 6.42. The van der Waals surface area contributed by atoms with E-state index in [1.54, 1.807) is 40.9 Å². The third-order valence-electron chi connectivity index (χ3n) is 3.07. The van der Waals surface area contributed by atoms with E-state index in [0.717, 1.165) is 11.3 Å². The predicted octanol–water partition coefficient (Wildman–Crippen LogP) is 3.25. The van der Waals surface area contributed by atoms with Crippen LogP contribution in [-0.2, 0) is 20.7 Å². The number of hydrogen-bond donors (Lipinski definition) is 1. The SMILES string of the molecule is CCOC(=O)/C=C/C(Cc1ccc(OC)cc1)NC(=O)OC(C)(C)C. The van der Waals surface area contributed by atoms with Crippen molar-refractivity contribution in [1.29, 1.82) is 0 Å². The van der Waals surface area contributed by atoms with Gasteiger partial charge in [0.1, 0.15) is 11.4 Å². The predicted molar refractivity (Wildman–Crippen MR) is 95.6 cm³/mol. The molecule has 1 aromatic rings. The standard InChI is InChI=1S/C19H27NO5/c1-6-24-17(21)12-9-15(20-18(22)25-19(2,3)4)13-14-7-10-16(23-5)11-8-14/h7-12,15H,6,13H2,1-5H3,(H,20,22)/b12-9+. The lowest BCUT2D eigenvalue weighted by molar-refractivity contribution is -0.137. The molecule has 6 nitrogen and oxygen atoms in total. The number of methoxy groups -OCH3 is 1. The van der Waals surface area contributed by atoms with Gasteiger partial charge in [-0.2, -0.15) is 0 Å². The summed E-state index contributed by atoms with van der Waals surface area (Å²) >= 11 is 0. The van der Waals surface area contributed by atoms with Crippen LogP contribution in [0.3, 0.4) is 0 Å². The summed E-state index contributed by atoms with van der Waals surface area (Å²) in [7, 11) is 1.60. The molecule has 1 rings (SSSR count). The Morgan fingerprint density at radius 1 is 1.20 bits per heavy atom. The molecule has 0 aliphatic rings. The number of carbonyl (C=O) groups excluding carboxylic acids is 2. The molecule has 0 spiro atoms. The van der Waals surface area contributed by atoms with Crippen molar-refractivity contribution in [3.8, 4) is 5.75 Å². The first-order valence-electron chi connectivity index (χ1n) is 8.21. The first-order chi connectivity index (χ1) is 11.7. The highest BCUT2D eigenvalue weighted by Crippen LogP contribution is 2.14. The van der Waals surface area contributed by atoms with E-state index in [1.165, 1.54) is 6.08 Å². The molecular formula is C19H27NO5. The van der Waals surface area contributed by atoms with Gasteiger partial charge in [-0.3, -0.25) is 0 Å². The van der Waals surface area contributed by atoms with Crippen LogP contribution >= 0.6 is 0 Å². The Hall–Kier alpha value is -2.50. The Morgan fingerprint density at radius 3 is 2.36 bits per heavy atom. The van der Waals surface area contributed by atoms with Gasteiger partial charge in [-0.15, -0.1) is 0 Å². The highest BCUT2D eigenvalue weighted by Gasteiger charge is 2.19. The van der Waals surface area contributed by atoms with Crippen LogP contribution in [0.5, 0.6) is 5.75 Å². The third kappa shape index (κ3) is 8.79. The second-order valence-corrected chi connectivity index (χ2v) is 6.42. The van der Waals surface area contributed by atoms with Crippen molar-refractivity contribution in [2.24, 2.45) is 0 Å². The largest absolute Gasteiger partial charge is 0.497 e. The second kappa shape index (κ2) is 9.71. The number of benzene rings is 1. The molecule has 1 N–H and O–H groups in total. The molecule has 0 saturated heterocycles. The Morgan fingerprint density at radius 2 is 1.84 bits per heavy atom. The van der Waals surface area contributed by atoms with Gasteiger partial charge in [-0.05, 0) is 51.8 Å². The van der Waals surface area contributed by atoms with Gasteiger partial charge in [0.15, 0.2) is 0 Å². The molecule has 1 amide bonds. The number of nitrogens with one attached hydrogen (secondary N) is 1. The van der Waals surface area contributed by atoms with Crippen molar-refractivity contribution in [3.05, 3.63) is 42.0 Å². The number of carbonyl (C=O) groups is 2. The highest BCUT2D eigenvalue weighted by atomic mass is 16.6. The number of hydrogen-bond acceptors (Lipinski definition) is 5. The molecule has 0 bridgehead atoms. The van der Waals surface area contributed by atoms with Crippen LogP contribution in [0.1, 0.15) is 33.3 Å². The van der Waals surface area contributed by atoms with Crippen molar-refractivity contribution in [1.82, 2.24) is 5.32 Å². The van der Waals surface area contributed by atoms with Crippen LogP contribution in [-0.4, -0.2) is 37.4 Å². The minimum atomic E-state index is -0.598. The fraction of sp³-hybridized carbons (Fsp3) is 0.474. The molecule has 1 atom stereocenters. The summed E-state index contributed by atoms with van der Waals surface area (Å²) in [6.45, 7) is 7.41. The molecule has 0 aliphatic carbocycles. The summed E-state index contributed by atoms with van der Waals surface area (Å²) in [4.78, 5) is 23.6. The first kappa shape index (κ1) is 20.5. The van der Waals surface area contributed by atoms with E-state index < -0.39 is 23.7 Å². The maximum atomic E-state index is 12.0. The van der Waals surface area contributed by atoms with Gasteiger partial charge < -0.3 is 19.5 Å². The van der Waals surface area contributed by atoms with E-state index in [2.05, 4.69) is 5.32 Å². The van der Waals surface area contributed by atoms with Crippen LogP contribution in [0.25, 0.3) is 0 Å². The van der Waals surface area contributed by atoms with Gasteiger partial charge in [0.2, 0.25) is 0 Å². The van der Waals surface area contributed by atoms with E-state index in [1.807, 2.05) is 24.3 Å². The molecule has 0 radical (unpaired) electrons. The minimum absolute atomic E-state index is 0.297. The lowest BCUT2D eigenvalue weighted by Gasteiger charge is -2.22. The molecule has 25 heavy (non-hydrogen) atoms. The molecule has 0 aromatic heterocycles. The van der Waals surface area contributed by atoms with Crippen molar-refractivity contribution in [3.63, 3.8) is 0 Å². The van der Waals surface area contributed by atoms with Gasteiger partial charge in [0, 0.05) is 6.08 Å². The molecule has 0 saturated carbocycles. The molecule has 0 aliphatic heterocycles. The number of ether oxygens (including phenoxy) is 3. The zero-order valence-electron chi connectivity index (χ0n) is 15.5. The van der Waals surface area contributed by atoms with Gasteiger partial charge in [0.05, 0.1) is 19.8 Å². The topological polar surface area (TPSA) is 73.9 Å². The molecule has 6 heteroatoms. The van der Waals surface area contributed by atoms with E-state index in [9.17, 15) is 9.59 Å². The Labute approximate surface area is 149 Å². The van der Waals surface area contributed by atoms with Gasteiger partial charge in [-0.1, -0.05) is 18.2 Å². The van der Waals surface area contributed by atoms with Crippen molar-refractivity contribution in [2.75, 3.05) is 13.7 Å². The molecule has 0 fully saturated rings. The summed E-state index contributed by atoms with van der Waals surface area (Å²) in [6, 6.07) is 7.08. The Kier molecular flexibility index (Phi) is 7.98. The fourth-order valence-corrected chi connectivity index (χ4v) is 2.03. The van der Waals surface area contributed by atoms with E-state index in [-0.39, 0.29) is 0 Å². The van der Waals surface area contributed by atoms with E-state index in [0.29, 0.717) is 13.0 Å². The quantitative estimate of drug-likeness (QED) is 0.604. The number of esters is 1. The molecule has 0 heterocycles. The molecule has 1 unspecified atom stereocenters. The van der Waals surface area contributed by atoms with E-state index in [4.69, 9.17) is 14.2 Å². The maximum Gasteiger partial charge on any atom is 0.408 e. The maximum absolute atomic E-state index is 12.0. The van der Waals surface area contributed by atoms with Crippen LogP contribution < -0.4 is 10.1 Å². The fourth-order valence-electron chi connectivity index (χ4n) is 2.03. The normalized spacial score (nSPS) is 12.5. The van der Waals surface area contributed by atoms with Crippen molar-refractivity contribution >= 4 is 12.1 Å². The highest BCUT2D eigenvalue weighted by molar-refractivity contribution is 5.82. The van der Waals surface area contributed by atoms with Gasteiger partial charge >= 0.3 is 12.1 Å². The van der Waals surface area contributed by atoms with Gasteiger partial charge in [-0.25, -0.2) is 9.59 Å². The third-order valence-corrected chi connectivity index (χ3v) is 3.07. The van der Waals surface area contributed by atoms with Gasteiger partial charge in [0.25, 0.3) is 0 Å². The first-order valence-corrected chi connectivity index (χ1v) is 8.21. The summed E-state index contributed by atoms with van der Waals surface area (Å²) in [6.07, 6.45) is 2.87. The smallest absolute Gasteiger partial charge is 0.408 e. The van der Waals surface area contributed by atoms with Crippen molar-refractivity contribution < 1.29 is 23.8 Å². The van der Waals surface area contributed by atoms with E-state index >= 15 is 0 Å². The zero-order valence-corrected chi connectivity index (χ0v) is 15.5. The Bertz CT molecular complexity index is 587. The lowest BCUT2D eigenvalue weighted by atomic mass is 10.1. The summed E-state index contributed by atoms with van der Waals surface area (Å²) in [5.74, 6) is 0.302. The van der Waals surface area contributed by atoms with Crippen LogP contribution in [0.15, 0.2) is 36.4 Å². The average Bonchev–Trinajstić information content (AvgIpc) is 2.52. The number of rotatable bonds is 7. The molecular weight excluding hydrogens is 322 g/mol. The van der Waals surface area contributed by atoms with Crippen LogP contribution in [0.2, 0.25) is 0 Å². The zero-order chi connectivity index (χ0) is 18.9. The minimum Gasteiger partial charge on any atom is -0.497 e. The molecule has 138 valence electrons. The van der Waals surface area contributed by atoms with Crippen molar-refractivity contribution in [2.45, 2.75) is 45.8 Å². The summed E-state index contributed by atoms with van der Waals surface area (Å²) in [5.41, 5.74) is 0.384. The summed E-state index contributed by atoms with van der Waals surface area (Å²) in [5, 5.41) is 2.76. The van der Waals surface area contributed by atoms with Crippen LogP contribution in [0.4, 0.5) is 4.79 Å². The number of amides is 1. The molecule has 1 aromatic carbocycles. The van der Waals surface area contributed by atoms with Crippen LogP contribution in [0, 0.1) is 0 Å².